The largest absolute Gasteiger partial charge is 0.479 e. The van der Waals surface area contributed by atoms with E-state index in [-0.39, 0.29) is 0 Å². The van der Waals surface area contributed by atoms with Crippen molar-refractivity contribution in [3.8, 4) is 5.88 Å². The first-order chi connectivity index (χ1) is 6.31. The number of hydrogen-bond donors (Lipinski definition) is 0. The van der Waals surface area contributed by atoms with E-state index < -0.39 is 0 Å². The number of methoxy groups -OCH3 is 1. The first-order valence-electron chi connectivity index (χ1n) is 3.75. The number of pyridine rings is 2. The highest BCUT2D eigenvalue weighted by Gasteiger charge is 2.03. The molecule has 0 aliphatic rings. The number of fused-ring (bicyclic) bond motifs is 1. The molecule has 2 heterocycles. The quantitative estimate of drug-likeness (QED) is 0.699. The highest BCUT2D eigenvalue weighted by atomic mass is 35.5. The third kappa shape index (κ3) is 1.42. The standard InChI is InChI=1S/C9H7ClN2O/c1-13-9-8-6(2-3-11-9)4-7(10)5-12-8/h2-5H,1H3. The molecule has 4 heteroatoms. The molecule has 0 radical (unpaired) electrons. The zero-order valence-electron chi connectivity index (χ0n) is 6.99. The lowest BCUT2D eigenvalue weighted by Gasteiger charge is -2.02. The van der Waals surface area contributed by atoms with Crippen molar-refractivity contribution in [1.82, 2.24) is 9.97 Å². The molecule has 0 unspecified atom stereocenters. The first-order valence-corrected chi connectivity index (χ1v) is 4.13. The zero-order chi connectivity index (χ0) is 9.26. The van der Waals surface area contributed by atoms with E-state index in [0.717, 1.165) is 10.9 Å². The predicted molar refractivity (Wildman–Crippen MR) is 51.1 cm³/mol. The second-order valence-electron chi connectivity index (χ2n) is 2.55. The first kappa shape index (κ1) is 8.26. The van der Waals surface area contributed by atoms with Crippen molar-refractivity contribution >= 4 is 22.5 Å². The summed E-state index contributed by atoms with van der Waals surface area (Å²) in [6.45, 7) is 0. The molecule has 0 saturated heterocycles. The van der Waals surface area contributed by atoms with Gasteiger partial charge in [0, 0.05) is 17.8 Å². The molecule has 0 atom stereocenters. The van der Waals surface area contributed by atoms with Crippen LogP contribution in [0.25, 0.3) is 10.9 Å². The Bertz CT molecular complexity index is 445. The van der Waals surface area contributed by atoms with E-state index in [1.807, 2.05) is 12.1 Å². The van der Waals surface area contributed by atoms with Gasteiger partial charge in [0.1, 0.15) is 5.52 Å². The Labute approximate surface area is 80.3 Å². The summed E-state index contributed by atoms with van der Waals surface area (Å²) in [5.41, 5.74) is 0.731. The van der Waals surface area contributed by atoms with Crippen LogP contribution in [0, 0.1) is 0 Å². The van der Waals surface area contributed by atoms with Gasteiger partial charge in [0.05, 0.1) is 12.1 Å². The molecule has 0 spiro atoms. The van der Waals surface area contributed by atoms with Crippen LogP contribution in [0.5, 0.6) is 5.88 Å². The Kier molecular flexibility index (Phi) is 2.02. The fourth-order valence-corrected chi connectivity index (χ4v) is 1.32. The Morgan fingerprint density at radius 1 is 1.38 bits per heavy atom. The van der Waals surface area contributed by atoms with Crippen LogP contribution in [0.2, 0.25) is 5.02 Å². The van der Waals surface area contributed by atoms with Crippen molar-refractivity contribution in [2.45, 2.75) is 0 Å². The molecule has 0 amide bonds. The van der Waals surface area contributed by atoms with E-state index in [2.05, 4.69) is 9.97 Å². The molecule has 0 aromatic carbocycles. The van der Waals surface area contributed by atoms with Crippen LogP contribution in [-0.4, -0.2) is 17.1 Å². The zero-order valence-corrected chi connectivity index (χ0v) is 7.75. The molecule has 0 fully saturated rings. The van der Waals surface area contributed by atoms with Crippen molar-refractivity contribution in [2.75, 3.05) is 7.11 Å². The number of aromatic nitrogens is 2. The average Bonchev–Trinajstić information content (AvgIpc) is 2.16. The lowest BCUT2D eigenvalue weighted by Crippen LogP contribution is -1.90. The molecule has 2 aromatic heterocycles. The van der Waals surface area contributed by atoms with Gasteiger partial charge in [0.25, 0.3) is 0 Å². The molecule has 0 saturated carbocycles. The molecule has 0 aliphatic carbocycles. The maximum absolute atomic E-state index is 5.79. The van der Waals surface area contributed by atoms with Gasteiger partial charge < -0.3 is 4.74 Å². The Morgan fingerprint density at radius 3 is 3.00 bits per heavy atom. The highest BCUT2D eigenvalue weighted by Crippen LogP contribution is 2.22. The summed E-state index contributed by atoms with van der Waals surface area (Å²) in [5.74, 6) is 0.522. The summed E-state index contributed by atoms with van der Waals surface area (Å²) in [6, 6.07) is 3.67. The summed E-state index contributed by atoms with van der Waals surface area (Å²) in [5, 5.41) is 1.54. The van der Waals surface area contributed by atoms with E-state index in [9.17, 15) is 0 Å². The molecule has 2 rings (SSSR count). The van der Waals surface area contributed by atoms with E-state index in [0.29, 0.717) is 10.9 Å². The maximum Gasteiger partial charge on any atom is 0.240 e. The van der Waals surface area contributed by atoms with Gasteiger partial charge in [-0.2, -0.15) is 0 Å². The van der Waals surface area contributed by atoms with Crippen LogP contribution in [-0.2, 0) is 0 Å². The molecule has 3 nitrogen and oxygen atoms in total. The minimum absolute atomic E-state index is 0.522. The van der Waals surface area contributed by atoms with E-state index >= 15 is 0 Å². The van der Waals surface area contributed by atoms with Crippen molar-refractivity contribution in [3.63, 3.8) is 0 Å². The van der Waals surface area contributed by atoms with Gasteiger partial charge in [0.2, 0.25) is 5.88 Å². The fraction of sp³-hybridized carbons (Fsp3) is 0.111. The number of rotatable bonds is 1. The van der Waals surface area contributed by atoms with Crippen LogP contribution in [0.15, 0.2) is 24.5 Å². The Hall–Kier alpha value is -1.35. The molecular formula is C9H7ClN2O. The second kappa shape index (κ2) is 3.18. The predicted octanol–water partition coefficient (Wildman–Crippen LogP) is 2.29. The summed E-state index contributed by atoms with van der Waals surface area (Å²) >= 11 is 5.79. The van der Waals surface area contributed by atoms with Crippen LogP contribution in [0.4, 0.5) is 0 Å². The molecule has 66 valence electrons. The SMILES string of the molecule is COc1nccc2cc(Cl)cnc12. The number of ether oxygens (including phenoxy) is 1. The minimum atomic E-state index is 0.522. The third-order valence-electron chi connectivity index (χ3n) is 1.73. The van der Waals surface area contributed by atoms with Crippen LogP contribution < -0.4 is 4.74 Å². The maximum atomic E-state index is 5.79. The third-order valence-corrected chi connectivity index (χ3v) is 1.93. The van der Waals surface area contributed by atoms with Crippen molar-refractivity contribution in [3.05, 3.63) is 29.5 Å². The van der Waals surface area contributed by atoms with Crippen molar-refractivity contribution < 1.29 is 4.74 Å². The second-order valence-corrected chi connectivity index (χ2v) is 2.98. The summed E-state index contributed by atoms with van der Waals surface area (Å²) in [6.07, 6.45) is 3.24. The number of hydrogen-bond acceptors (Lipinski definition) is 3. The van der Waals surface area contributed by atoms with Crippen molar-refractivity contribution in [1.29, 1.82) is 0 Å². The van der Waals surface area contributed by atoms with Gasteiger partial charge >= 0.3 is 0 Å². The Balaban J connectivity index is 2.77. The fourth-order valence-electron chi connectivity index (χ4n) is 1.16. The molecular weight excluding hydrogens is 188 g/mol. The highest BCUT2D eigenvalue weighted by molar-refractivity contribution is 6.31. The normalized spacial score (nSPS) is 10.3. The lowest BCUT2D eigenvalue weighted by molar-refractivity contribution is 0.402. The van der Waals surface area contributed by atoms with E-state index in [1.54, 1.807) is 19.5 Å². The number of halogens is 1. The van der Waals surface area contributed by atoms with Gasteiger partial charge in [0.15, 0.2) is 0 Å². The van der Waals surface area contributed by atoms with E-state index in [1.165, 1.54) is 0 Å². The molecule has 0 N–H and O–H groups in total. The van der Waals surface area contributed by atoms with Crippen LogP contribution in [0.3, 0.4) is 0 Å². The average molecular weight is 195 g/mol. The van der Waals surface area contributed by atoms with Gasteiger partial charge in [-0.05, 0) is 12.1 Å². The van der Waals surface area contributed by atoms with Gasteiger partial charge in [-0.25, -0.2) is 9.97 Å². The lowest BCUT2D eigenvalue weighted by atomic mass is 10.2. The topological polar surface area (TPSA) is 35.0 Å². The smallest absolute Gasteiger partial charge is 0.240 e. The van der Waals surface area contributed by atoms with E-state index in [4.69, 9.17) is 16.3 Å². The Morgan fingerprint density at radius 2 is 2.23 bits per heavy atom. The summed E-state index contributed by atoms with van der Waals surface area (Å²) in [4.78, 5) is 8.16. The monoisotopic (exact) mass is 194 g/mol. The van der Waals surface area contributed by atoms with Gasteiger partial charge in [-0.3, -0.25) is 0 Å². The van der Waals surface area contributed by atoms with Gasteiger partial charge in [-0.1, -0.05) is 11.6 Å². The van der Waals surface area contributed by atoms with Crippen LogP contribution >= 0.6 is 11.6 Å². The van der Waals surface area contributed by atoms with Crippen molar-refractivity contribution in [2.24, 2.45) is 0 Å². The molecule has 2 aromatic rings. The van der Waals surface area contributed by atoms with Gasteiger partial charge in [-0.15, -0.1) is 0 Å². The van der Waals surface area contributed by atoms with Crippen LogP contribution in [0.1, 0.15) is 0 Å². The molecule has 0 bridgehead atoms. The summed E-state index contributed by atoms with van der Waals surface area (Å²) < 4.78 is 5.05. The molecule has 0 aliphatic heterocycles. The summed E-state index contributed by atoms with van der Waals surface area (Å²) in [7, 11) is 1.57. The molecule has 13 heavy (non-hydrogen) atoms. The minimum Gasteiger partial charge on any atom is -0.479 e. The number of nitrogens with zero attached hydrogens (tertiary/aromatic N) is 2.